The third-order valence-corrected chi connectivity index (χ3v) is 3.35. The molecule has 1 amide bonds. The highest BCUT2D eigenvalue weighted by atomic mass is 16.6. The van der Waals surface area contributed by atoms with Crippen molar-refractivity contribution in [1.29, 1.82) is 0 Å². The fourth-order valence-corrected chi connectivity index (χ4v) is 2.16. The second kappa shape index (κ2) is 6.44. The Morgan fingerprint density at radius 1 is 1.36 bits per heavy atom. The van der Waals surface area contributed by atoms with E-state index in [1.807, 2.05) is 32.9 Å². The van der Waals surface area contributed by atoms with Crippen molar-refractivity contribution < 1.29 is 19.4 Å². The number of amides is 1. The number of hydrogen-bond acceptors (Lipinski definition) is 5. The summed E-state index contributed by atoms with van der Waals surface area (Å²) in [7, 11) is 1.52. The molecule has 0 aliphatic heterocycles. The molecule has 0 aromatic heterocycles. The van der Waals surface area contributed by atoms with Crippen molar-refractivity contribution in [2.75, 3.05) is 7.11 Å². The van der Waals surface area contributed by atoms with E-state index in [1.54, 1.807) is 6.07 Å². The minimum Gasteiger partial charge on any atom is -0.504 e. The summed E-state index contributed by atoms with van der Waals surface area (Å²) in [6, 6.07) is 5.64. The number of alkyl carbamates (subject to hydrolysis) is 1. The molecule has 6 heteroatoms. The van der Waals surface area contributed by atoms with Gasteiger partial charge in [0.25, 0.3) is 0 Å². The van der Waals surface area contributed by atoms with Crippen LogP contribution in [0, 0.1) is 0 Å². The Kier molecular flexibility index (Phi) is 4.81. The van der Waals surface area contributed by atoms with Gasteiger partial charge in [0, 0.05) is 24.2 Å². The van der Waals surface area contributed by atoms with Gasteiger partial charge in [-0.05, 0) is 33.3 Å². The number of phenols is 1. The lowest BCUT2D eigenvalue weighted by Gasteiger charge is -2.19. The molecule has 0 heterocycles. The Morgan fingerprint density at radius 2 is 2.09 bits per heavy atom. The van der Waals surface area contributed by atoms with Gasteiger partial charge in [0.1, 0.15) is 5.60 Å². The molecule has 1 aliphatic rings. The van der Waals surface area contributed by atoms with Crippen LogP contribution < -0.4 is 15.4 Å². The van der Waals surface area contributed by atoms with Crippen LogP contribution >= 0.6 is 0 Å². The zero-order valence-electron chi connectivity index (χ0n) is 13.5. The van der Waals surface area contributed by atoms with Gasteiger partial charge in [0.2, 0.25) is 0 Å². The predicted molar refractivity (Wildman–Crippen MR) is 83.1 cm³/mol. The van der Waals surface area contributed by atoms with Crippen molar-refractivity contribution >= 4 is 6.09 Å². The van der Waals surface area contributed by atoms with E-state index in [-0.39, 0.29) is 17.8 Å². The first-order valence-electron chi connectivity index (χ1n) is 7.38. The lowest BCUT2D eigenvalue weighted by Crippen LogP contribution is -2.36. The highest BCUT2D eigenvalue weighted by Crippen LogP contribution is 2.30. The van der Waals surface area contributed by atoms with E-state index < -0.39 is 11.7 Å². The zero-order chi connectivity index (χ0) is 16.3. The topological polar surface area (TPSA) is 79.8 Å². The number of rotatable bonds is 5. The van der Waals surface area contributed by atoms with E-state index in [1.165, 1.54) is 7.11 Å². The van der Waals surface area contributed by atoms with Crippen LogP contribution in [0.25, 0.3) is 0 Å². The van der Waals surface area contributed by atoms with Crippen LogP contribution in [0.1, 0.15) is 32.8 Å². The van der Waals surface area contributed by atoms with Gasteiger partial charge in [-0.2, -0.15) is 0 Å². The number of hydrogen-bond donors (Lipinski definition) is 3. The fraction of sp³-hybridized carbons (Fsp3) is 0.562. The molecule has 2 atom stereocenters. The molecular formula is C16H24N2O4. The summed E-state index contributed by atoms with van der Waals surface area (Å²) in [5.74, 6) is 0.605. The monoisotopic (exact) mass is 308 g/mol. The number of para-hydroxylation sites is 1. The maximum atomic E-state index is 11.6. The molecule has 1 aromatic carbocycles. The van der Waals surface area contributed by atoms with E-state index >= 15 is 0 Å². The lowest BCUT2D eigenvalue weighted by atomic mass is 10.2. The average Bonchev–Trinajstić information content (AvgIpc) is 3.13. The van der Waals surface area contributed by atoms with Crippen molar-refractivity contribution in [3.05, 3.63) is 23.8 Å². The number of methoxy groups -OCH3 is 1. The quantitative estimate of drug-likeness (QED) is 0.777. The third kappa shape index (κ3) is 4.53. The van der Waals surface area contributed by atoms with Crippen LogP contribution in [0.4, 0.5) is 4.79 Å². The fourth-order valence-electron chi connectivity index (χ4n) is 2.16. The largest absolute Gasteiger partial charge is 0.504 e. The van der Waals surface area contributed by atoms with Crippen LogP contribution in [-0.4, -0.2) is 36.0 Å². The van der Waals surface area contributed by atoms with Gasteiger partial charge in [0.15, 0.2) is 11.5 Å². The molecule has 1 fully saturated rings. The molecule has 122 valence electrons. The van der Waals surface area contributed by atoms with Gasteiger partial charge >= 0.3 is 6.09 Å². The summed E-state index contributed by atoms with van der Waals surface area (Å²) < 4.78 is 10.3. The predicted octanol–water partition coefficient (Wildman–Crippen LogP) is 2.16. The van der Waals surface area contributed by atoms with Gasteiger partial charge in [-0.15, -0.1) is 0 Å². The van der Waals surface area contributed by atoms with Crippen LogP contribution in [0.5, 0.6) is 11.5 Å². The standard InChI is InChI=1S/C16H24N2O4/c1-16(2,3)22-15(20)18-12-8-11(12)17-9-10-6-5-7-13(21-4)14(10)19/h5-7,11-12,17,19H,8-9H2,1-4H3,(H,18,20). The van der Waals surface area contributed by atoms with Crippen molar-refractivity contribution in [3.8, 4) is 11.5 Å². The minimum absolute atomic E-state index is 0.0719. The first-order valence-corrected chi connectivity index (χ1v) is 7.38. The van der Waals surface area contributed by atoms with Crippen LogP contribution in [0.3, 0.4) is 0 Å². The number of carbonyl (C=O) groups is 1. The Hall–Kier alpha value is -1.95. The molecule has 1 aromatic rings. The van der Waals surface area contributed by atoms with E-state index in [0.717, 1.165) is 12.0 Å². The van der Waals surface area contributed by atoms with Crippen molar-refractivity contribution in [2.24, 2.45) is 0 Å². The molecule has 2 unspecified atom stereocenters. The van der Waals surface area contributed by atoms with E-state index in [4.69, 9.17) is 9.47 Å². The molecule has 2 rings (SSSR count). The van der Waals surface area contributed by atoms with Crippen LogP contribution in [-0.2, 0) is 11.3 Å². The summed E-state index contributed by atoms with van der Waals surface area (Å²) in [5.41, 5.74) is 0.274. The van der Waals surface area contributed by atoms with Crippen LogP contribution in [0.15, 0.2) is 18.2 Å². The minimum atomic E-state index is -0.492. The third-order valence-electron chi connectivity index (χ3n) is 3.35. The number of benzene rings is 1. The van der Waals surface area contributed by atoms with Crippen molar-refractivity contribution in [3.63, 3.8) is 0 Å². The highest BCUT2D eigenvalue weighted by Gasteiger charge is 2.39. The summed E-state index contributed by atoms with van der Waals surface area (Å²) >= 11 is 0. The summed E-state index contributed by atoms with van der Waals surface area (Å²) in [6.07, 6.45) is 0.454. The number of nitrogens with one attached hydrogen (secondary N) is 2. The number of ether oxygens (including phenoxy) is 2. The summed E-state index contributed by atoms with van der Waals surface area (Å²) in [4.78, 5) is 11.6. The van der Waals surface area contributed by atoms with E-state index in [2.05, 4.69) is 10.6 Å². The molecule has 0 saturated heterocycles. The Bertz CT molecular complexity index is 539. The zero-order valence-corrected chi connectivity index (χ0v) is 13.5. The average molecular weight is 308 g/mol. The molecule has 1 saturated carbocycles. The normalized spacial score (nSPS) is 20.4. The van der Waals surface area contributed by atoms with Crippen molar-refractivity contribution in [1.82, 2.24) is 10.6 Å². The Labute approximate surface area is 130 Å². The second-order valence-electron chi connectivity index (χ2n) is 6.44. The smallest absolute Gasteiger partial charge is 0.407 e. The van der Waals surface area contributed by atoms with Gasteiger partial charge in [0.05, 0.1) is 7.11 Å². The number of aromatic hydroxyl groups is 1. The maximum absolute atomic E-state index is 11.6. The molecule has 0 radical (unpaired) electrons. The Morgan fingerprint density at radius 3 is 2.73 bits per heavy atom. The van der Waals surface area contributed by atoms with Gasteiger partial charge in [-0.25, -0.2) is 4.79 Å². The first-order chi connectivity index (χ1) is 10.3. The van der Waals surface area contributed by atoms with E-state index in [9.17, 15) is 9.90 Å². The van der Waals surface area contributed by atoms with Crippen LogP contribution in [0.2, 0.25) is 0 Å². The molecule has 22 heavy (non-hydrogen) atoms. The summed E-state index contributed by atoms with van der Waals surface area (Å²) in [6.45, 7) is 6.02. The van der Waals surface area contributed by atoms with Gasteiger partial charge in [-0.3, -0.25) is 0 Å². The summed E-state index contributed by atoms with van der Waals surface area (Å²) in [5, 5.41) is 16.1. The molecule has 0 bridgehead atoms. The van der Waals surface area contributed by atoms with Gasteiger partial charge in [-0.1, -0.05) is 12.1 Å². The number of carbonyl (C=O) groups excluding carboxylic acids is 1. The maximum Gasteiger partial charge on any atom is 0.407 e. The molecule has 6 nitrogen and oxygen atoms in total. The molecule has 1 aliphatic carbocycles. The van der Waals surface area contributed by atoms with Crippen molar-refractivity contribution in [2.45, 2.75) is 51.4 Å². The second-order valence-corrected chi connectivity index (χ2v) is 6.44. The first kappa shape index (κ1) is 16.4. The Balaban J connectivity index is 1.77. The van der Waals surface area contributed by atoms with Gasteiger partial charge < -0.3 is 25.2 Å². The lowest BCUT2D eigenvalue weighted by molar-refractivity contribution is 0.0522. The molecule has 3 N–H and O–H groups in total. The molecular weight excluding hydrogens is 284 g/mol. The number of phenolic OH excluding ortho intramolecular Hbond substituents is 1. The van der Waals surface area contributed by atoms with E-state index in [0.29, 0.717) is 12.3 Å². The SMILES string of the molecule is COc1cccc(CNC2CC2NC(=O)OC(C)(C)C)c1O. The highest BCUT2D eigenvalue weighted by molar-refractivity contribution is 5.68. The molecule has 0 spiro atoms.